The second kappa shape index (κ2) is 6.95. The maximum atomic E-state index is 5.97. The largest absolute Gasteiger partial charge is 0.497 e. The topological polar surface area (TPSA) is 47.7 Å². The molecule has 0 saturated heterocycles. The molecule has 0 atom stereocenters. The second-order valence-corrected chi connectivity index (χ2v) is 5.66. The molecule has 1 aromatic rings. The predicted octanol–water partition coefficient (Wildman–Crippen LogP) is 2.41. The van der Waals surface area contributed by atoms with Crippen molar-refractivity contribution >= 4 is 0 Å². The lowest BCUT2D eigenvalue weighted by atomic mass is 9.91. The zero-order valence-corrected chi connectivity index (χ0v) is 12.8. The molecule has 2 N–H and O–H groups in total. The van der Waals surface area contributed by atoms with Gasteiger partial charge in [-0.25, -0.2) is 0 Å². The van der Waals surface area contributed by atoms with Gasteiger partial charge in [-0.15, -0.1) is 0 Å². The van der Waals surface area contributed by atoms with Gasteiger partial charge in [-0.05, 0) is 38.8 Å². The van der Waals surface area contributed by atoms with Gasteiger partial charge >= 0.3 is 0 Å². The number of nitrogens with two attached hydrogens (primary N) is 1. The molecule has 20 heavy (non-hydrogen) atoms. The summed E-state index contributed by atoms with van der Waals surface area (Å²) in [6, 6.07) is 7.04. The van der Waals surface area contributed by atoms with Crippen LogP contribution in [0.3, 0.4) is 0 Å². The first-order chi connectivity index (χ1) is 9.63. The molecule has 0 amide bonds. The Labute approximate surface area is 121 Å². The Hall–Kier alpha value is -1.26. The monoisotopic (exact) mass is 278 g/mol. The van der Waals surface area contributed by atoms with Gasteiger partial charge in [0.15, 0.2) is 0 Å². The van der Waals surface area contributed by atoms with E-state index in [2.05, 4.69) is 18.0 Å². The van der Waals surface area contributed by atoms with Crippen molar-refractivity contribution < 1.29 is 9.47 Å². The zero-order chi connectivity index (χ0) is 14.5. The van der Waals surface area contributed by atoms with E-state index in [1.54, 1.807) is 14.2 Å². The van der Waals surface area contributed by atoms with E-state index in [0.29, 0.717) is 12.1 Å². The molecule has 1 saturated carbocycles. The summed E-state index contributed by atoms with van der Waals surface area (Å²) < 4.78 is 10.7. The molecule has 2 rings (SSSR count). The number of rotatable bonds is 5. The Morgan fingerprint density at radius 1 is 1.15 bits per heavy atom. The summed E-state index contributed by atoms with van der Waals surface area (Å²) in [5.41, 5.74) is 7.17. The van der Waals surface area contributed by atoms with Crippen LogP contribution in [0.25, 0.3) is 0 Å². The van der Waals surface area contributed by atoms with E-state index in [0.717, 1.165) is 30.9 Å². The quantitative estimate of drug-likeness (QED) is 0.898. The minimum Gasteiger partial charge on any atom is -0.497 e. The van der Waals surface area contributed by atoms with Crippen molar-refractivity contribution in [1.29, 1.82) is 0 Å². The van der Waals surface area contributed by atoms with Crippen LogP contribution >= 0.6 is 0 Å². The fraction of sp³-hybridized carbons (Fsp3) is 0.625. The maximum absolute atomic E-state index is 5.97. The van der Waals surface area contributed by atoms with Gasteiger partial charge in [-0.1, -0.05) is 6.07 Å². The van der Waals surface area contributed by atoms with Gasteiger partial charge < -0.3 is 15.2 Å². The van der Waals surface area contributed by atoms with E-state index in [9.17, 15) is 0 Å². The fourth-order valence-electron chi connectivity index (χ4n) is 2.92. The number of benzene rings is 1. The molecular weight excluding hydrogens is 252 g/mol. The van der Waals surface area contributed by atoms with Crippen LogP contribution < -0.4 is 15.2 Å². The highest BCUT2D eigenvalue weighted by Gasteiger charge is 2.22. The smallest absolute Gasteiger partial charge is 0.127 e. The van der Waals surface area contributed by atoms with Gasteiger partial charge in [0.05, 0.1) is 14.2 Å². The second-order valence-electron chi connectivity index (χ2n) is 5.66. The average Bonchev–Trinajstić information content (AvgIpc) is 2.48. The van der Waals surface area contributed by atoms with Crippen molar-refractivity contribution in [2.24, 2.45) is 5.73 Å². The van der Waals surface area contributed by atoms with Gasteiger partial charge in [0.2, 0.25) is 0 Å². The van der Waals surface area contributed by atoms with Gasteiger partial charge in [-0.3, -0.25) is 4.90 Å². The first kappa shape index (κ1) is 15.1. The number of nitrogens with zero attached hydrogens (tertiary/aromatic N) is 1. The molecule has 0 unspecified atom stereocenters. The minimum atomic E-state index is 0.398. The Balaban J connectivity index is 2.01. The molecule has 0 bridgehead atoms. The van der Waals surface area contributed by atoms with Crippen molar-refractivity contribution in [3.63, 3.8) is 0 Å². The minimum absolute atomic E-state index is 0.398. The van der Waals surface area contributed by atoms with E-state index in [4.69, 9.17) is 15.2 Å². The summed E-state index contributed by atoms with van der Waals surface area (Å²) in [6.45, 7) is 0.896. The highest BCUT2D eigenvalue weighted by Crippen LogP contribution is 2.28. The third-order valence-corrected chi connectivity index (χ3v) is 4.28. The predicted molar refractivity (Wildman–Crippen MR) is 81.2 cm³/mol. The Morgan fingerprint density at radius 2 is 1.85 bits per heavy atom. The molecule has 112 valence electrons. The van der Waals surface area contributed by atoms with Gasteiger partial charge in [0, 0.05) is 30.3 Å². The normalized spacial score (nSPS) is 22.9. The lowest BCUT2D eigenvalue weighted by molar-refractivity contribution is 0.174. The van der Waals surface area contributed by atoms with Gasteiger partial charge in [0.25, 0.3) is 0 Å². The molecule has 1 aliphatic carbocycles. The number of methoxy groups -OCH3 is 2. The number of hydrogen-bond acceptors (Lipinski definition) is 4. The Kier molecular flexibility index (Phi) is 5.26. The summed E-state index contributed by atoms with van der Waals surface area (Å²) in [5, 5.41) is 0. The molecule has 1 aromatic carbocycles. The van der Waals surface area contributed by atoms with Crippen LogP contribution in [0, 0.1) is 0 Å². The van der Waals surface area contributed by atoms with Gasteiger partial charge in [0.1, 0.15) is 11.5 Å². The average molecular weight is 278 g/mol. The molecule has 0 heterocycles. The summed E-state index contributed by atoms with van der Waals surface area (Å²) in [5.74, 6) is 1.72. The first-order valence-corrected chi connectivity index (χ1v) is 7.30. The van der Waals surface area contributed by atoms with E-state index in [1.165, 1.54) is 18.4 Å². The molecule has 4 heteroatoms. The van der Waals surface area contributed by atoms with Crippen LogP contribution in [-0.4, -0.2) is 38.3 Å². The van der Waals surface area contributed by atoms with Crippen molar-refractivity contribution in [1.82, 2.24) is 4.90 Å². The summed E-state index contributed by atoms with van der Waals surface area (Å²) in [6.07, 6.45) is 4.65. The molecule has 1 aliphatic rings. The molecular formula is C16H26N2O2. The standard InChI is InChI=1S/C16H26N2O2/c1-18(14-7-5-13(17)6-8-14)11-12-4-9-15(19-2)10-16(12)20-3/h4,9-10,13-14H,5-8,11,17H2,1-3H3. The van der Waals surface area contributed by atoms with Crippen LogP contribution in [0.1, 0.15) is 31.2 Å². The summed E-state index contributed by atoms with van der Waals surface area (Å²) >= 11 is 0. The van der Waals surface area contributed by atoms with Crippen molar-refractivity contribution in [2.45, 2.75) is 44.3 Å². The van der Waals surface area contributed by atoms with Crippen LogP contribution in [0.5, 0.6) is 11.5 Å². The van der Waals surface area contributed by atoms with Crippen LogP contribution in [0.4, 0.5) is 0 Å². The highest BCUT2D eigenvalue weighted by molar-refractivity contribution is 5.40. The van der Waals surface area contributed by atoms with E-state index in [1.807, 2.05) is 12.1 Å². The fourth-order valence-corrected chi connectivity index (χ4v) is 2.92. The molecule has 4 nitrogen and oxygen atoms in total. The van der Waals surface area contributed by atoms with E-state index < -0.39 is 0 Å². The maximum Gasteiger partial charge on any atom is 0.127 e. The lowest BCUT2D eigenvalue weighted by Crippen LogP contribution is -2.38. The van der Waals surface area contributed by atoms with Crippen LogP contribution in [0.15, 0.2) is 18.2 Å². The molecule has 0 aliphatic heterocycles. The Morgan fingerprint density at radius 3 is 2.45 bits per heavy atom. The summed E-state index contributed by atoms with van der Waals surface area (Å²) in [4.78, 5) is 2.41. The van der Waals surface area contributed by atoms with E-state index in [-0.39, 0.29) is 0 Å². The molecule has 0 spiro atoms. The van der Waals surface area contributed by atoms with Crippen molar-refractivity contribution in [3.05, 3.63) is 23.8 Å². The first-order valence-electron chi connectivity index (χ1n) is 7.30. The third-order valence-electron chi connectivity index (χ3n) is 4.28. The zero-order valence-electron chi connectivity index (χ0n) is 12.8. The highest BCUT2D eigenvalue weighted by atomic mass is 16.5. The van der Waals surface area contributed by atoms with Crippen molar-refractivity contribution in [2.75, 3.05) is 21.3 Å². The third kappa shape index (κ3) is 3.64. The van der Waals surface area contributed by atoms with Crippen LogP contribution in [0.2, 0.25) is 0 Å². The van der Waals surface area contributed by atoms with Gasteiger partial charge in [-0.2, -0.15) is 0 Å². The Bertz CT molecular complexity index is 428. The van der Waals surface area contributed by atoms with E-state index >= 15 is 0 Å². The molecule has 0 radical (unpaired) electrons. The number of ether oxygens (including phenoxy) is 2. The molecule has 0 aromatic heterocycles. The summed E-state index contributed by atoms with van der Waals surface area (Å²) in [7, 11) is 5.56. The lowest BCUT2D eigenvalue weighted by Gasteiger charge is -2.33. The number of hydrogen-bond donors (Lipinski definition) is 1. The van der Waals surface area contributed by atoms with Crippen LogP contribution in [-0.2, 0) is 6.54 Å². The molecule has 1 fully saturated rings. The van der Waals surface area contributed by atoms with Crippen molar-refractivity contribution in [3.8, 4) is 11.5 Å². The SMILES string of the molecule is COc1ccc(CN(C)C2CCC(N)CC2)c(OC)c1.